The van der Waals surface area contributed by atoms with Crippen LogP contribution in [0.2, 0.25) is 0 Å². The Bertz CT molecular complexity index is 319. The van der Waals surface area contributed by atoms with Crippen LogP contribution in [0.1, 0.15) is 32.1 Å². The van der Waals surface area contributed by atoms with Crippen LogP contribution >= 0.6 is 12.2 Å². The van der Waals surface area contributed by atoms with Gasteiger partial charge in [-0.05, 0) is 38.1 Å². The van der Waals surface area contributed by atoms with Gasteiger partial charge in [0.15, 0.2) is 0 Å². The summed E-state index contributed by atoms with van der Waals surface area (Å²) in [5.41, 5.74) is 5.26. The third-order valence-corrected chi connectivity index (χ3v) is 4.55. The molecule has 0 spiro atoms. The van der Waals surface area contributed by atoms with Crippen molar-refractivity contribution in [3.05, 3.63) is 0 Å². The zero-order valence-electron chi connectivity index (χ0n) is 10.2. The highest BCUT2D eigenvalue weighted by Crippen LogP contribution is 2.38. The summed E-state index contributed by atoms with van der Waals surface area (Å²) >= 11 is 4.58. The number of hydrogen-bond donors (Lipinski definition) is 1. The summed E-state index contributed by atoms with van der Waals surface area (Å²) < 4.78 is 38.6. The van der Waals surface area contributed by atoms with Crippen LogP contribution < -0.4 is 5.73 Å². The maximum atomic E-state index is 12.9. The summed E-state index contributed by atoms with van der Waals surface area (Å²) in [5.74, 6) is -1.08. The minimum absolute atomic E-state index is 0.0556. The van der Waals surface area contributed by atoms with Crippen LogP contribution in [0.25, 0.3) is 0 Å². The van der Waals surface area contributed by atoms with Gasteiger partial charge in [0.1, 0.15) is 5.92 Å². The van der Waals surface area contributed by atoms with Gasteiger partial charge in [-0.25, -0.2) is 0 Å². The van der Waals surface area contributed by atoms with E-state index in [1.54, 1.807) is 0 Å². The van der Waals surface area contributed by atoms with E-state index in [4.69, 9.17) is 5.73 Å². The second-order valence-electron chi connectivity index (χ2n) is 5.39. The average molecular weight is 280 g/mol. The first-order valence-electron chi connectivity index (χ1n) is 6.49. The van der Waals surface area contributed by atoms with Gasteiger partial charge in [0.05, 0.1) is 4.99 Å². The van der Waals surface area contributed by atoms with Gasteiger partial charge in [-0.2, -0.15) is 13.2 Å². The number of fused-ring (bicyclic) bond motifs is 1. The van der Waals surface area contributed by atoms with E-state index in [2.05, 4.69) is 12.2 Å². The van der Waals surface area contributed by atoms with Gasteiger partial charge in [-0.1, -0.05) is 18.6 Å². The monoisotopic (exact) mass is 280 g/mol. The Morgan fingerprint density at radius 1 is 1.28 bits per heavy atom. The first kappa shape index (κ1) is 14.1. The van der Waals surface area contributed by atoms with Crippen molar-refractivity contribution < 1.29 is 13.2 Å². The van der Waals surface area contributed by atoms with E-state index in [0.29, 0.717) is 12.0 Å². The predicted molar refractivity (Wildman–Crippen MR) is 68.3 cm³/mol. The maximum absolute atomic E-state index is 12.9. The fourth-order valence-electron chi connectivity index (χ4n) is 3.37. The molecule has 18 heavy (non-hydrogen) atoms. The molecular weight excluding hydrogens is 261 g/mol. The second kappa shape index (κ2) is 5.33. The van der Waals surface area contributed by atoms with Crippen molar-refractivity contribution in [3.63, 3.8) is 0 Å². The van der Waals surface area contributed by atoms with Gasteiger partial charge >= 0.3 is 6.18 Å². The highest BCUT2D eigenvalue weighted by molar-refractivity contribution is 7.80. The zero-order valence-corrected chi connectivity index (χ0v) is 11.1. The topological polar surface area (TPSA) is 29.3 Å². The number of rotatable bonds is 3. The molecule has 6 heteroatoms. The molecule has 0 aromatic heterocycles. The minimum atomic E-state index is -4.32. The highest BCUT2D eigenvalue weighted by atomic mass is 32.1. The molecule has 3 unspecified atom stereocenters. The van der Waals surface area contributed by atoms with Crippen molar-refractivity contribution >= 4 is 17.2 Å². The average Bonchev–Trinajstić information content (AvgIpc) is 2.72. The molecule has 2 fully saturated rings. The van der Waals surface area contributed by atoms with Crippen LogP contribution in [0.5, 0.6) is 0 Å². The third-order valence-electron chi connectivity index (χ3n) is 4.26. The van der Waals surface area contributed by atoms with Crippen molar-refractivity contribution in [2.24, 2.45) is 17.6 Å². The number of alkyl halides is 3. The molecule has 2 N–H and O–H groups in total. The normalized spacial score (nSPS) is 31.1. The molecule has 0 bridgehead atoms. The zero-order chi connectivity index (χ0) is 13.3. The van der Waals surface area contributed by atoms with Gasteiger partial charge in [0, 0.05) is 12.6 Å². The molecule has 2 aliphatic rings. The number of thiocarbonyl (C=S) groups is 1. The standard InChI is InChI=1S/C12H19F3N2S/c13-12(14,15)9(11(16)18)7-17-6-2-4-8-3-1-5-10(8)17/h8-10H,1-7H2,(H2,16,18). The van der Waals surface area contributed by atoms with Crippen molar-refractivity contribution in [1.82, 2.24) is 4.90 Å². The third kappa shape index (κ3) is 2.96. The van der Waals surface area contributed by atoms with E-state index in [1.165, 1.54) is 0 Å². The molecule has 1 aliphatic carbocycles. The highest BCUT2D eigenvalue weighted by Gasteiger charge is 2.45. The number of nitrogens with two attached hydrogens (primary N) is 1. The van der Waals surface area contributed by atoms with Crippen LogP contribution in [0.4, 0.5) is 13.2 Å². The smallest absolute Gasteiger partial charge is 0.393 e. The molecule has 1 aliphatic heterocycles. The Balaban J connectivity index is 2.04. The van der Waals surface area contributed by atoms with Crippen LogP contribution in [0.3, 0.4) is 0 Å². The first-order valence-corrected chi connectivity index (χ1v) is 6.90. The summed E-state index contributed by atoms with van der Waals surface area (Å²) in [7, 11) is 0. The second-order valence-corrected chi connectivity index (χ2v) is 5.86. The molecule has 1 saturated heterocycles. The fourth-order valence-corrected chi connectivity index (χ4v) is 3.58. The Kier molecular flexibility index (Phi) is 4.16. The van der Waals surface area contributed by atoms with Crippen LogP contribution in [0.15, 0.2) is 0 Å². The lowest BCUT2D eigenvalue weighted by molar-refractivity contribution is -0.161. The molecule has 0 amide bonds. The molecule has 2 rings (SSSR count). The van der Waals surface area contributed by atoms with Crippen molar-refractivity contribution in [2.75, 3.05) is 13.1 Å². The van der Waals surface area contributed by atoms with E-state index < -0.39 is 17.1 Å². The van der Waals surface area contributed by atoms with Crippen LogP contribution in [0, 0.1) is 11.8 Å². The molecule has 0 aromatic carbocycles. The van der Waals surface area contributed by atoms with E-state index >= 15 is 0 Å². The lowest BCUT2D eigenvalue weighted by atomic mass is 9.91. The Morgan fingerprint density at radius 2 is 1.94 bits per heavy atom. The SMILES string of the molecule is NC(=S)C(CN1CCCC2CCCC21)C(F)(F)F. The summed E-state index contributed by atoms with van der Waals surface area (Å²) in [4.78, 5) is 1.54. The largest absolute Gasteiger partial charge is 0.399 e. The van der Waals surface area contributed by atoms with E-state index in [9.17, 15) is 13.2 Å². The van der Waals surface area contributed by atoms with Gasteiger partial charge in [0.2, 0.25) is 0 Å². The molecule has 104 valence electrons. The Labute approximate surface area is 111 Å². The lowest BCUT2D eigenvalue weighted by Crippen LogP contribution is -2.50. The van der Waals surface area contributed by atoms with Gasteiger partial charge in [-0.3, -0.25) is 4.90 Å². The fraction of sp³-hybridized carbons (Fsp3) is 0.917. The Morgan fingerprint density at radius 3 is 2.56 bits per heavy atom. The summed E-state index contributed by atoms with van der Waals surface area (Å²) in [6, 6.07) is 0.318. The Hall–Kier alpha value is -0.360. The lowest BCUT2D eigenvalue weighted by Gasteiger charge is -2.39. The van der Waals surface area contributed by atoms with Crippen molar-refractivity contribution in [1.29, 1.82) is 0 Å². The molecule has 1 heterocycles. The molecule has 1 saturated carbocycles. The van der Waals surface area contributed by atoms with Gasteiger partial charge < -0.3 is 5.73 Å². The minimum Gasteiger partial charge on any atom is -0.393 e. The maximum Gasteiger partial charge on any atom is 0.399 e. The van der Waals surface area contributed by atoms with Crippen molar-refractivity contribution in [3.8, 4) is 0 Å². The molecule has 0 aromatic rings. The predicted octanol–water partition coefficient (Wildman–Crippen LogP) is 2.72. The number of halogens is 3. The molecule has 0 radical (unpaired) electrons. The number of nitrogens with zero attached hydrogens (tertiary/aromatic N) is 1. The number of hydrogen-bond acceptors (Lipinski definition) is 2. The van der Waals surface area contributed by atoms with E-state index in [-0.39, 0.29) is 6.54 Å². The van der Waals surface area contributed by atoms with Gasteiger partial charge in [0.25, 0.3) is 0 Å². The summed E-state index contributed by atoms with van der Waals surface area (Å²) in [6.45, 7) is 0.691. The van der Waals surface area contributed by atoms with E-state index in [1.807, 2.05) is 4.90 Å². The summed E-state index contributed by atoms with van der Waals surface area (Å²) in [5, 5.41) is 0. The van der Waals surface area contributed by atoms with Crippen molar-refractivity contribution in [2.45, 2.75) is 44.3 Å². The number of piperidine rings is 1. The molecule has 2 nitrogen and oxygen atoms in total. The van der Waals surface area contributed by atoms with Crippen LogP contribution in [-0.2, 0) is 0 Å². The molecular formula is C12H19F3N2S. The van der Waals surface area contributed by atoms with Gasteiger partial charge in [-0.15, -0.1) is 0 Å². The number of likely N-dealkylation sites (tertiary alicyclic amines) is 1. The molecule has 3 atom stereocenters. The van der Waals surface area contributed by atoms with Crippen LogP contribution in [-0.4, -0.2) is 35.2 Å². The van der Waals surface area contributed by atoms with E-state index in [0.717, 1.165) is 38.6 Å². The quantitative estimate of drug-likeness (QED) is 0.806. The first-order chi connectivity index (χ1) is 8.39. The summed E-state index contributed by atoms with van der Waals surface area (Å²) in [6.07, 6.45) is 1.14.